The van der Waals surface area contributed by atoms with Gasteiger partial charge in [0.05, 0.1) is 20.3 Å². The van der Waals surface area contributed by atoms with E-state index < -0.39 is 0 Å². The van der Waals surface area contributed by atoms with Crippen molar-refractivity contribution in [2.24, 2.45) is 0 Å². The van der Waals surface area contributed by atoms with Gasteiger partial charge in [0.1, 0.15) is 0 Å². The van der Waals surface area contributed by atoms with Gasteiger partial charge >= 0.3 is 0 Å². The zero-order chi connectivity index (χ0) is 18.5. The molecule has 134 valence electrons. The Hall–Kier alpha value is -2.50. The van der Waals surface area contributed by atoms with Gasteiger partial charge in [0, 0.05) is 10.6 Å². The minimum atomic E-state index is -0.265. The quantitative estimate of drug-likeness (QED) is 0.651. The first kappa shape index (κ1) is 18.3. The van der Waals surface area contributed by atoms with E-state index in [4.69, 9.17) is 21.1 Å². The number of methoxy groups -OCH3 is 2. The van der Waals surface area contributed by atoms with Gasteiger partial charge in [0.25, 0.3) is 5.91 Å². The fourth-order valence-corrected chi connectivity index (χ4v) is 3.46. The SMILES string of the molecule is COc1ccc(C(=O)NC(c2ccc(Cl)cc2)c2ccsc2)cc1OC. The summed E-state index contributed by atoms with van der Waals surface area (Å²) in [4.78, 5) is 12.8. The molecule has 1 aromatic heterocycles. The molecule has 4 nitrogen and oxygen atoms in total. The number of hydrogen-bond donors (Lipinski definition) is 1. The van der Waals surface area contributed by atoms with E-state index in [1.54, 1.807) is 43.8 Å². The monoisotopic (exact) mass is 387 g/mol. The minimum absolute atomic E-state index is 0.197. The molecule has 0 bridgehead atoms. The van der Waals surface area contributed by atoms with Crippen molar-refractivity contribution in [3.63, 3.8) is 0 Å². The highest BCUT2D eigenvalue weighted by Gasteiger charge is 2.19. The summed E-state index contributed by atoms with van der Waals surface area (Å²) in [6.45, 7) is 0. The Bertz CT molecular complexity index is 879. The molecular formula is C20H18ClNO3S. The Labute approximate surface area is 161 Å². The number of carbonyl (C=O) groups is 1. The topological polar surface area (TPSA) is 47.6 Å². The van der Waals surface area contributed by atoms with Crippen LogP contribution in [0.3, 0.4) is 0 Å². The van der Waals surface area contributed by atoms with Crippen molar-refractivity contribution in [2.75, 3.05) is 14.2 Å². The van der Waals surface area contributed by atoms with E-state index in [-0.39, 0.29) is 11.9 Å². The number of benzene rings is 2. The molecule has 2 aromatic carbocycles. The van der Waals surface area contributed by atoms with Crippen LogP contribution in [-0.2, 0) is 0 Å². The van der Waals surface area contributed by atoms with Crippen LogP contribution in [0.1, 0.15) is 27.5 Å². The first-order chi connectivity index (χ1) is 12.6. The second kappa shape index (κ2) is 8.25. The van der Waals surface area contributed by atoms with E-state index >= 15 is 0 Å². The second-order valence-electron chi connectivity index (χ2n) is 5.58. The maximum atomic E-state index is 12.8. The number of nitrogens with one attached hydrogen (secondary N) is 1. The number of hydrogen-bond acceptors (Lipinski definition) is 4. The fraction of sp³-hybridized carbons (Fsp3) is 0.150. The third-order valence-corrected chi connectivity index (χ3v) is 4.95. The number of amides is 1. The number of carbonyl (C=O) groups excluding carboxylic acids is 1. The molecule has 1 atom stereocenters. The van der Waals surface area contributed by atoms with Crippen molar-refractivity contribution in [3.05, 3.63) is 81.0 Å². The molecule has 0 aliphatic heterocycles. The van der Waals surface area contributed by atoms with E-state index in [2.05, 4.69) is 5.32 Å². The molecule has 0 aliphatic rings. The Kier molecular flexibility index (Phi) is 5.81. The highest BCUT2D eigenvalue weighted by molar-refractivity contribution is 7.08. The highest BCUT2D eigenvalue weighted by Crippen LogP contribution is 2.29. The maximum absolute atomic E-state index is 12.8. The lowest BCUT2D eigenvalue weighted by atomic mass is 10.0. The largest absolute Gasteiger partial charge is 0.493 e. The molecule has 0 saturated carbocycles. The Morgan fingerprint density at radius 1 is 1.00 bits per heavy atom. The summed E-state index contributed by atoms with van der Waals surface area (Å²) in [6.07, 6.45) is 0. The van der Waals surface area contributed by atoms with Crippen LogP contribution < -0.4 is 14.8 Å². The van der Waals surface area contributed by atoms with Crippen LogP contribution >= 0.6 is 22.9 Å². The lowest BCUT2D eigenvalue weighted by Crippen LogP contribution is -2.29. The summed E-state index contributed by atoms with van der Waals surface area (Å²) in [5.74, 6) is 0.895. The summed E-state index contributed by atoms with van der Waals surface area (Å²) in [7, 11) is 3.10. The molecule has 0 saturated heterocycles. The summed E-state index contributed by atoms with van der Waals surface area (Å²) >= 11 is 7.58. The Morgan fingerprint density at radius 3 is 2.35 bits per heavy atom. The van der Waals surface area contributed by atoms with Crippen molar-refractivity contribution in [2.45, 2.75) is 6.04 Å². The Balaban J connectivity index is 1.89. The number of rotatable bonds is 6. The van der Waals surface area contributed by atoms with E-state index in [0.29, 0.717) is 22.1 Å². The van der Waals surface area contributed by atoms with E-state index in [1.165, 1.54) is 0 Å². The fourth-order valence-electron chi connectivity index (χ4n) is 2.65. The van der Waals surface area contributed by atoms with Crippen molar-refractivity contribution < 1.29 is 14.3 Å². The average Bonchev–Trinajstić information content (AvgIpc) is 3.20. The molecule has 1 unspecified atom stereocenters. The molecule has 1 N–H and O–H groups in total. The van der Waals surface area contributed by atoms with Gasteiger partial charge < -0.3 is 14.8 Å². The molecule has 3 rings (SSSR count). The van der Waals surface area contributed by atoms with Gasteiger partial charge in [-0.25, -0.2) is 0 Å². The van der Waals surface area contributed by atoms with Gasteiger partial charge in [-0.2, -0.15) is 11.3 Å². The summed E-state index contributed by atoms with van der Waals surface area (Å²) in [5, 5.41) is 7.75. The van der Waals surface area contributed by atoms with Gasteiger partial charge in [-0.1, -0.05) is 23.7 Å². The van der Waals surface area contributed by atoms with E-state index in [1.807, 2.05) is 41.1 Å². The first-order valence-corrected chi connectivity index (χ1v) is 9.25. The van der Waals surface area contributed by atoms with Gasteiger partial charge in [0.2, 0.25) is 0 Å². The highest BCUT2D eigenvalue weighted by atomic mass is 35.5. The van der Waals surface area contributed by atoms with Gasteiger partial charge in [0.15, 0.2) is 11.5 Å². The van der Waals surface area contributed by atoms with Crippen LogP contribution in [0.25, 0.3) is 0 Å². The van der Waals surface area contributed by atoms with Crippen LogP contribution in [-0.4, -0.2) is 20.1 Å². The van der Waals surface area contributed by atoms with Crippen LogP contribution in [0.2, 0.25) is 5.02 Å². The standard InChI is InChI=1S/C20H18ClNO3S/c1-24-17-8-5-14(11-18(17)25-2)20(23)22-19(15-9-10-26-12-15)13-3-6-16(21)7-4-13/h3-12,19H,1-2H3,(H,22,23). The molecular weight excluding hydrogens is 370 g/mol. The summed E-state index contributed by atoms with van der Waals surface area (Å²) in [5.41, 5.74) is 2.48. The van der Waals surface area contributed by atoms with E-state index in [9.17, 15) is 4.79 Å². The lowest BCUT2D eigenvalue weighted by Gasteiger charge is -2.19. The third-order valence-electron chi connectivity index (χ3n) is 4.00. The first-order valence-electron chi connectivity index (χ1n) is 7.93. The zero-order valence-corrected chi connectivity index (χ0v) is 15.9. The number of thiophene rings is 1. The molecule has 0 spiro atoms. The van der Waals surface area contributed by atoms with Crippen LogP contribution in [0.4, 0.5) is 0 Å². The minimum Gasteiger partial charge on any atom is -0.493 e. The molecule has 3 aromatic rings. The van der Waals surface area contributed by atoms with Crippen molar-refractivity contribution >= 4 is 28.8 Å². The summed E-state index contributed by atoms with van der Waals surface area (Å²) < 4.78 is 10.5. The molecule has 0 fully saturated rings. The molecule has 1 amide bonds. The predicted octanol–water partition coefficient (Wildman–Crippen LogP) is 4.94. The predicted molar refractivity (Wildman–Crippen MR) is 105 cm³/mol. The van der Waals surface area contributed by atoms with Crippen molar-refractivity contribution in [1.82, 2.24) is 5.32 Å². The molecule has 26 heavy (non-hydrogen) atoms. The average molecular weight is 388 g/mol. The molecule has 0 radical (unpaired) electrons. The lowest BCUT2D eigenvalue weighted by molar-refractivity contribution is 0.0942. The Morgan fingerprint density at radius 2 is 1.73 bits per heavy atom. The molecule has 0 aliphatic carbocycles. The van der Waals surface area contributed by atoms with Crippen molar-refractivity contribution in [3.8, 4) is 11.5 Å². The number of ether oxygens (including phenoxy) is 2. The second-order valence-corrected chi connectivity index (χ2v) is 6.80. The summed E-state index contributed by atoms with van der Waals surface area (Å²) in [6, 6.07) is 14.3. The third kappa shape index (κ3) is 4.00. The maximum Gasteiger partial charge on any atom is 0.252 e. The zero-order valence-electron chi connectivity index (χ0n) is 14.4. The number of halogens is 1. The normalized spacial score (nSPS) is 11.7. The van der Waals surface area contributed by atoms with Gasteiger partial charge in [-0.05, 0) is 58.3 Å². The van der Waals surface area contributed by atoms with Crippen LogP contribution in [0, 0.1) is 0 Å². The van der Waals surface area contributed by atoms with Crippen LogP contribution in [0.5, 0.6) is 11.5 Å². The van der Waals surface area contributed by atoms with Crippen LogP contribution in [0.15, 0.2) is 59.3 Å². The molecule has 6 heteroatoms. The van der Waals surface area contributed by atoms with Gasteiger partial charge in [-0.3, -0.25) is 4.79 Å². The smallest absolute Gasteiger partial charge is 0.252 e. The molecule has 1 heterocycles. The van der Waals surface area contributed by atoms with Crippen molar-refractivity contribution in [1.29, 1.82) is 0 Å². The van der Waals surface area contributed by atoms with E-state index in [0.717, 1.165) is 11.1 Å². The van der Waals surface area contributed by atoms with Gasteiger partial charge in [-0.15, -0.1) is 0 Å².